The first-order valence-electron chi connectivity index (χ1n) is 12.0. The maximum Gasteiger partial charge on any atom is 0.245 e. The molecule has 0 aliphatic carbocycles. The highest BCUT2D eigenvalue weighted by Gasteiger charge is 2.57. The van der Waals surface area contributed by atoms with Crippen LogP contribution in [0.15, 0.2) is 53.9 Å². The van der Waals surface area contributed by atoms with Crippen molar-refractivity contribution in [1.29, 1.82) is 0 Å². The second-order valence-electron chi connectivity index (χ2n) is 9.63. The maximum atomic E-state index is 14.2. The lowest BCUT2D eigenvalue weighted by molar-refractivity contribution is -0.122. The van der Waals surface area contributed by atoms with Crippen LogP contribution in [0.2, 0.25) is 0 Å². The van der Waals surface area contributed by atoms with Gasteiger partial charge in [0, 0.05) is 35.3 Å². The van der Waals surface area contributed by atoms with Crippen molar-refractivity contribution in [1.82, 2.24) is 4.90 Å². The third kappa shape index (κ3) is 3.51. The fourth-order valence-electron chi connectivity index (χ4n) is 5.95. The Labute approximate surface area is 214 Å². The number of anilines is 1. The molecule has 0 radical (unpaired) electrons. The van der Waals surface area contributed by atoms with Crippen LogP contribution in [0.25, 0.3) is 0 Å². The van der Waals surface area contributed by atoms with Gasteiger partial charge in [0.25, 0.3) is 0 Å². The monoisotopic (exact) mass is 510 g/mol. The summed E-state index contributed by atoms with van der Waals surface area (Å²) in [4.78, 5) is 20.1. The summed E-state index contributed by atoms with van der Waals surface area (Å²) in [5.41, 5.74) is 2.13. The van der Waals surface area contributed by atoms with Crippen molar-refractivity contribution < 1.29 is 19.0 Å². The fourth-order valence-corrected chi connectivity index (χ4v) is 6.70. The van der Waals surface area contributed by atoms with E-state index in [2.05, 4.69) is 34.5 Å². The molecule has 1 aromatic heterocycles. The Hall–Kier alpha value is -2.74. The summed E-state index contributed by atoms with van der Waals surface area (Å²) in [6.45, 7) is 4.46. The van der Waals surface area contributed by atoms with Gasteiger partial charge >= 0.3 is 0 Å². The maximum absolute atomic E-state index is 14.2. The van der Waals surface area contributed by atoms with E-state index in [9.17, 15) is 4.79 Å². The SMILES string of the molecule is Cl.O=C1N(CC2CCN(Cc3cccs3)CC2)c2ccccc2C12COc1cc3c(cc12)OCO3. The highest BCUT2D eigenvalue weighted by Crippen LogP contribution is 2.55. The molecular formula is C27H27ClN2O4S. The minimum absolute atomic E-state index is 0. The van der Waals surface area contributed by atoms with Gasteiger partial charge in [-0.05, 0) is 61.0 Å². The highest BCUT2D eigenvalue weighted by molar-refractivity contribution is 7.09. The first kappa shape index (κ1) is 22.7. The summed E-state index contributed by atoms with van der Waals surface area (Å²) in [6, 6.07) is 16.4. The number of rotatable bonds is 4. The van der Waals surface area contributed by atoms with Crippen molar-refractivity contribution >= 4 is 35.3 Å². The topological polar surface area (TPSA) is 51.2 Å². The van der Waals surface area contributed by atoms with Crippen molar-refractivity contribution in [2.75, 3.05) is 37.9 Å². The molecule has 35 heavy (non-hydrogen) atoms. The normalized spacial score (nSPS) is 22.7. The number of hydrogen-bond donors (Lipinski definition) is 0. The molecule has 1 unspecified atom stereocenters. The minimum Gasteiger partial charge on any atom is -0.491 e. The van der Waals surface area contributed by atoms with Gasteiger partial charge in [-0.2, -0.15) is 0 Å². The lowest BCUT2D eigenvalue weighted by Crippen LogP contribution is -2.45. The van der Waals surface area contributed by atoms with E-state index in [4.69, 9.17) is 14.2 Å². The molecule has 7 rings (SSSR count). The molecule has 182 valence electrons. The first-order chi connectivity index (χ1) is 16.7. The van der Waals surface area contributed by atoms with Gasteiger partial charge in [-0.3, -0.25) is 9.69 Å². The van der Waals surface area contributed by atoms with E-state index in [0.717, 1.165) is 61.6 Å². The van der Waals surface area contributed by atoms with E-state index in [0.29, 0.717) is 24.0 Å². The van der Waals surface area contributed by atoms with Gasteiger partial charge in [0.15, 0.2) is 11.5 Å². The van der Waals surface area contributed by atoms with E-state index >= 15 is 0 Å². The summed E-state index contributed by atoms with van der Waals surface area (Å²) in [7, 11) is 0. The average Bonchev–Trinajstić information content (AvgIpc) is 3.65. The Kier molecular flexibility index (Phi) is 5.66. The van der Waals surface area contributed by atoms with Crippen LogP contribution in [-0.4, -0.2) is 43.8 Å². The number of thiophene rings is 1. The molecule has 5 heterocycles. The Balaban J connectivity index is 0.00000229. The third-order valence-electron chi connectivity index (χ3n) is 7.75. The number of carbonyl (C=O) groups is 1. The van der Waals surface area contributed by atoms with E-state index < -0.39 is 5.41 Å². The quantitative estimate of drug-likeness (QED) is 0.503. The summed E-state index contributed by atoms with van der Waals surface area (Å²) >= 11 is 1.83. The largest absolute Gasteiger partial charge is 0.491 e. The van der Waals surface area contributed by atoms with Gasteiger partial charge in [0.2, 0.25) is 12.7 Å². The van der Waals surface area contributed by atoms with Crippen molar-refractivity contribution in [3.63, 3.8) is 0 Å². The molecule has 3 aromatic rings. The lowest BCUT2D eigenvalue weighted by Gasteiger charge is -2.34. The number of amides is 1. The smallest absolute Gasteiger partial charge is 0.245 e. The molecule has 1 spiro atoms. The average molecular weight is 511 g/mol. The number of piperidine rings is 1. The molecule has 6 nitrogen and oxygen atoms in total. The Morgan fingerprint density at radius 1 is 0.943 bits per heavy atom. The third-order valence-corrected chi connectivity index (χ3v) is 8.61. The molecule has 4 aliphatic rings. The zero-order valence-corrected chi connectivity index (χ0v) is 20.9. The molecule has 4 aliphatic heterocycles. The number of para-hydroxylation sites is 1. The van der Waals surface area contributed by atoms with Crippen LogP contribution in [0, 0.1) is 5.92 Å². The summed E-state index contributed by atoms with van der Waals surface area (Å²) in [5.74, 6) is 2.69. The Bertz CT molecular complexity index is 1260. The van der Waals surface area contributed by atoms with Crippen LogP contribution in [0.5, 0.6) is 17.2 Å². The number of hydrogen-bond acceptors (Lipinski definition) is 6. The van der Waals surface area contributed by atoms with E-state index in [-0.39, 0.29) is 25.1 Å². The van der Waals surface area contributed by atoms with E-state index in [1.54, 1.807) is 0 Å². The van der Waals surface area contributed by atoms with Crippen molar-refractivity contribution in [3.8, 4) is 17.2 Å². The molecule has 1 saturated heterocycles. The van der Waals surface area contributed by atoms with E-state index in [1.165, 1.54) is 4.88 Å². The van der Waals surface area contributed by atoms with Gasteiger partial charge < -0.3 is 19.1 Å². The second kappa shape index (κ2) is 8.73. The van der Waals surface area contributed by atoms with Crippen LogP contribution in [0.1, 0.15) is 28.8 Å². The van der Waals surface area contributed by atoms with Gasteiger partial charge in [-0.1, -0.05) is 24.3 Å². The molecule has 2 aromatic carbocycles. The van der Waals surface area contributed by atoms with Crippen molar-refractivity contribution in [2.45, 2.75) is 24.8 Å². The summed E-state index contributed by atoms with van der Waals surface area (Å²) < 4.78 is 17.3. The highest BCUT2D eigenvalue weighted by atomic mass is 35.5. The van der Waals surface area contributed by atoms with Gasteiger partial charge in [-0.15, -0.1) is 23.7 Å². The van der Waals surface area contributed by atoms with Crippen LogP contribution in [-0.2, 0) is 16.8 Å². The summed E-state index contributed by atoms with van der Waals surface area (Å²) in [6.07, 6.45) is 2.21. The van der Waals surface area contributed by atoms with Gasteiger partial charge in [0.05, 0.1) is 0 Å². The molecule has 0 N–H and O–H groups in total. The minimum atomic E-state index is -0.813. The number of nitrogens with zero attached hydrogens (tertiary/aromatic N) is 2. The predicted molar refractivity (Wildman–Crippen MR) is 137 cm³/mol. The van der Waals surface area contributed by atoms with Crippen LogP contribution >= 0.6 is 23.7 Å². The zero-order chi connectivity index (χ0) is 22.7. The number of benzene rings is 2. The zero-order valence-electron chi connectivity index (χ0n) is 19.3. The van der Waals surface area contributed by atoms with E-state index in [1.807, 2.05) is 40.5 Å². The lowest BCUT2D eigenvalue weighted by atomic mass is 9.77. The van der Waals surface area contributed by atoms with Crippen molar-refractivity contribution in [2.24, 2.45) is 5.92 Å². The molecule has 8 heteroatoms. The number of ether oxygens (including phenoxy) is 3. The van der Waals surface area contributed by atoms with Crippen molar-refractivity contribution in [3.05, 3.63) is 69.9 Å². The fraction of sp³-hybridized carbons (Fsp3) is 0.370. The number of carbonyl (C=O) groups excluding carboxylic acids is 1. The van der Waals surface area contributed by atoms with Crippen LogP contribution < -0.4 is 19.1 Å². The van der Waals surface area contributed by atoms with Crippen LogP contribution in [0.3, 0.4) is 0 Å². The standard InChI is InChI=1S/C27H26N2O4S.ClH/c30-26-27(16-31-23-13-25-24(12-21(23)27)32-17-33-25)20-5-1-2-6-22(20)29(26)14-18-7-9-28(10-8-18)15-19-4-3-11-34-19;/h1-6,11-13,18H,7-10,14-17H2;1H. The number of halogens is 1. The first-order valence-corrected chi connectivity index (χ1v) is 12.8. The number of fused-ring (bicyclic) bond motifs is 5. The van der Waals surface area contributed by atoms with Crippen LogP contribution in [0.4, 0.5) is 5.69 Å². The molecular weight excluding hydrogens is 484 g/mol. The molecule has 1 amide bonds. The Morgan fingerprint density at radius 3 is 2.54 bits per heavy atom. The molecule has 0 bridgehead atoms. The predicted octanol–water partition coefficient (Wildman–Crippen LogP) is 4.84. The number of likely N-dealkylation sites (tertiary alicyclic amines) is 1. The molecule has 1 atom stereocenters. The summed E-state index contributed by atoms with van der Waals surface area (Å²) in [5, 5.41) is 2.15. The molecule has 1 fully saturated rings. The van der Waals surface area contributed by atoms with Gasteiger partial charge in [-0.25, -0.2) is 0 Å². The Morgan fingerprint density at radius 2 is 1.74 bits per heavy atom. The molecule has 0 saturated carbocycles. The second-order valence-corrected chi connectivity index (χ2v) is 10.7. The van der Waals surface area contributed by atoms with Gasteiger partial charge in [0.1, 0.15) is 17.8 Å².